The minimum absolute atomic E-state index is 0.00523. The first kappa shape index (κ1) is 42.6. The first-order chi connectivity index (χ1) is 22.8. The molecule has 0 radical (unpaired) electrons. The number of ether oxygens (including phenoxy) is 5. The Hall–Kier alpha value is -2.52. The van der Waals surface area contributed by atoms with Crippen LogP contribution in [0, 0.1) is 5.92 Å². The lowest BCUT2D eigenvalue weighted by molar-refractivity contribution is -0.152. The molecule has 0 aromatic heterocycles. The Kier molecular flexibility index (Phi) is 16.7. The van der Waals surface area contributed by atoms with Gasteiger partial charge in [0, 0.05) is 39.1 Å². The summed E-state index contributed by atoms with van der Waals surface area (Å²) in [5.41, 5.74) is -1.65. The van der Waals surface area contributed by atoms with Gasteiger partial charge in [-0.15, -0.1) is 0 Å². The molecule has 0 spiro atoms. The normalized spacial score (nSPS) is 24.0. The fourth-order valence-electron chi connectivity index (χ4n) is 6.62. The van der Waals surface area contributed by atoms with E-state index in [-0.39, 0.29) is 61.4 Å². The zero-order valence-corrected chi connectivity index (χ0v) is 31.2. The smallest absolute Gasteiger partial charge is 0.408 e. The van der Waals surface area contributed by atoms with E-state index in [1.807, 2.05) is 27.7 Å². The minimum atomic E-state index is -0.788. The number of rotatable bonds is 13. The summed E-state index contributed by atoms with van der Waals surface area (Å²) in [6.07, 6.45) is 5.68. The molecule has 5 atom stereocenters. The van der Waals surface area contributed by atoms with Crippen molar-refractivity contribution in [1.82, 2.24) is 15.5 Å². The van der Waals surface area contributed by atoms with E-state index in [0.717, 1.165) is 32.1 Å². The van der Waals surface area contributed by atoms with E-state index >= 15 is 0 Å². The molecule has 4 N–H and O–H groups in total. The summed E-state index contributed by atoms with van der Waals surface area (Å²) in [6.45, 7) is 13.9. The van der Waals surface area contributed by atoms with Gasteiger partial charge < -0.3 is 49.4 Å². The minimum Gasteiger partial charge on any atom is -0.468 e. The molecule has 2 aliphatic heterocycles. The third kappa shape index (κ3) is 14.3. The van der Waals surface area contributed by atoms with Gasteiger partial charge in [0.25, 0.3) is 0 Å². The molecule has 1 aliphatic carbocycles. The second kappa shape index (κ2) is 19.2. The summed E-state index contributed by atoms with van der Waals surface area (Å²) < 4.78 is 27.0. The highest BCUT2D eigenvalue weighted by Crippen LogP contribution is 2.32. The average Bonchev–Trinajstić information content (AvgIpc) is 3.65. The van der Waals surface area contributed by atoms with Crippen molar-refractivity contribution in [2.24, 2.45) is 5.92 Å². The van der Waals surface area contributed by atoms with E-state index in [1.54, 1.807) is 20.8 Å². The maximum absolute atomic E-state index is 13.8. The number of aliphatic hydroxyl groups is 2. The SMILES string of the molecule is COC(=O)[C@@H]1C[C@@H](OC(C)(C)CCO)CN1.COC(=O)[C@@H]1C[C@@H](OC(C)(C)CCO)CN1C(=O)[C@@H](NC(=O)OC(C)(C)C)C1CCCCC1. The van der Waals surface area contributed by atoms with Crippen LogP contribution >= 0.6 is 0 Å². The molecule has 14 nitrogen and oxygen atoms in total. The number of esters is 2. The molecule has 49 heavy (non-hydrogen) atoms. The average molecular weight is 702 g/mol. The van der Waals surface area contributed by atoms with Gasteiger partial charge in [-0.05, 0) is 80.1 Å². The van der Waals surface area contributed by atoms with Crippen LogP contribution in [0.1, 0.15) is 106 Å². The number of likely N-dealkylation sites (tertiary alicyclic amines) is 1. The van der Waals surface area contributed by atoms with E-state index in [1.165, 1.54) is 19.1 Å². The van der Waals surface area contributed by atoms with Crippen LogP contribution in [-0.4, -0.2) is 127 Å². The van der Waals surface area contributed by atoms with Gasteiger partial charge in [-0.1, -0.05) is 19.3 Å². The zero-order valence-electron chi connectivity index (χ0n) is 31.2. The first-order valence-electron chi connectivity index (χ1n) is 17.6. The summed E-state index contributed by atoms with van der Waals surface area (Å²) in [4.78, 5) is 51.7. The number of nitrogens with one attached hydrogen (secondary N) is 2. The number of nitrogens with zero attached hydrogens (tertiary/aromatic N) is 1. The van der Waals surface area contributed by atoms with Crippen LogP contribution in [0.25, 0.3) is 0 Å². The van der Waals surface area contributed by atoms with Crippen molar-refractivity contribution in [2.45, 2.75) is 153 Å². The molecular weight excluding hydrogens is 638 g/mol. The number of methoxy groups -OCH3 is 2. The molecule has 0 aromatic rings. The first-order valence-corrected chi connectivity index (χ1v) is 17.6. The molecule has 2 amide bonds. The molecule has 2 heterocycles. The van der Waals surface area contributed by atoms with E-state index in [9.17, 15) is 24.3 Å². The maximum Gasteiger partial charge on any atom is 0.408 e. The lowest BCUT2D eigenvalue weighted by Crippen LogP contribution is -2.55. The topological polar surface area (TPSA) is 182 Å². The molecular formula is C35H63N3O11. The quantitative estimate of drug-likeness (QED) is 0.163. The molecule has 14 heteroatoms. The van der Waals surface area contributed by atoms with Crippen LogP contribution in [0.2, 0.25) is 0 Å². The highest BCUT2D eigenvalue weighted by molar-refractivity contribution is 5.90. The predicted octanol–water partition coefficient (Wildman–Crippen LogP) is 2.85. The second-order valence-electron chi connectivity index (χ2n) is 15.5. The Morgan fingerprint density at radius 3 is 1.88 bits per heavy atom. The van der Waals surface area contributed by atoms with Crippen LogP contribution in [0.5, 0.6) is 0 Å². The summed E-state index contributed by atoms with van der Waals surface area (Å²) in [6, 6.07) is -1.83. The summed E-state index contributed by atoms with van der Waals surface area (Å²) in [5.74, 6) is -1.09. The molecule has 3 fully saturated rings. The number of amides is 2. The summed E-state index contributed by atoms with van der Waals surface area (Å²) in [5, 5.41) is 24.1. The van der Waals surface area contributed by atoms with Crippen LogP contribution in [0.3, 0.4) is 0 Å². The standard InChI is InChI=1S/C24H42N2O7.C11H21NO4/c1-23(2,3)33-22(30)25-19(16-10-8-7-9-11-16)20(28)26-15-17(14-18(26)21(29)31-6)32-24(4,5)12-13-27;1-11(2,4-5-13)16-8-6-9(12-7-8)10(14)15-3/h16-19,27H,7-15H2,1-6H3,(H,25,30);8-9,12-13H,4-7H2,1-3H3/t17-,18+,19+;8-,9+/m11/s1. The number of aliphatic hydroxyl groups excluding tert-OH is 2. The van der Waals surface area contributed by atoms with Crippen molar-refractivity contribution >= 4 is 23.9 Å². The van der Waals surface area contributed by atoms with Crippen molar-refractivity contribution in [3.05, 3.63) is 0 Å². The van der Waals surface area contributed by atoms with E-state index in [2.05, 4.69) is 15.4 Å². The highest BCUT2D eigenvalue weighted by Gasteiger charge is 2.46. The van der Waals surface area contributed by atoms with Gasteiger partial charge in [0.1, 0.15) is 23.7 Å². The van der Waals surface area contributed by atoms with Crippen molar-refractivity contribution < 1.29 is 53.1 Å². The number of hydrogen-bond donors (Lipinski definition) is 4. The Labute approximate surface area is 292 Å². The number of hydrogen-bond acceptors (Lipinski definition) is 12. The van der Waals surface area contributed by atoms with E-state index in [0.29, 0.717) is 32.2 Å². The van der Waals surface area contributed by atoms with Gasteiger partial charge in [0.15, 0.2) is 0 Å². The molecule has 0 bridgehead atoms. The summed E-state index contributed by atoms with van der Waals surface area (Å²) >= 11 is 0. The van der Waals surface area contributed by atoms with Gasteiger partial charge in [0.05, 0.1) is 37.6 Å². The lowest BCUT2D eigenvalue weighted by Gasteiger charge is -2.34. The van der Waals surface area contributed by atoms with Gasteiger partial charge in [0.2, 0.25) is 5.91 Å². The van der Waals surface area contributed by atoms with Crippen molar-refractivity contribution in [1.29, 1.82) is 0 Å². The highest BCUT2D eigenvalue weighted by atomic mass is 16.6. The Bertz CT molecular complexity index is 1070. The third-order valence-electron chi connectivity index (χ3n) is 9.05. The summed E-state index contributed by atoms with van der Waals surface area (Å²) in [7, 11) is 2.68. The zero-order chi connectivity index (χ0) is 37.0. The van der Waals surface area contributed by atoms with Crippen LogP contribution in [0.4, 0.5) is 4.79 Å². The van der Waals surface area contributed by atoms with Crippen molar-refractivity contribution in [3.8, 4) is 0 Å². The molecule has 1 saturated carbocycles. The molecule has 0 unspecified atom stereocenters. The molecule has 2 saturated heterocycles. The lowest BCUT2D eigenvalue weighted by atomic mass is 9.83. The van der Waals surface area contributed by atoms with Crippen LogP contribution < -0.4 is 10.6 Å². The van der Waals surface area contributed by atoms with Gasteiger partial charge in [-0.2, -0.15) is 0 Å². The van der Waals surface area contributed by atoms with Crippen LogP contribution in [0.15, 0.2) is 0 Å². The van der Waals surface area contributed by atoms with Crippen molar-refractivity contribution in [2.75, 3.05) is 40.5 Å². The predicted molar refractivity (Wildman–Crippen MR) is 182 cm³/mol. The molecule has 284 valence electrons. The van der Waals surface area contributed by atoms with Crippen molar-refractivity contribution in [3.63, 3.8) is 0 Å². The van der Waals surface area contributed by atoms with Gasteiger partial charge in [-0.25, -0.2) is 9.59 Å². The number of carbonyl (C=O) groups excluding carboxylic acids is 4. The largest absolute Gasteiger partial charge is 0.468 e. The third-order valence-corrected chi connectivity index (χ3v) is 9.05. The Morgan fingerprint density at radius 1 is 0.816 bits per heavy atom. The maximum atomic E-state index is 13.8. The van der Waals surface area contributed by atoms with Gasteiger partial charge >= 0.3 is 18.0 Å². The Balaban J connectivity index is 0.000000435. The second-order valence-corrected chi connectivity index (χ2v) is 15.5. The molecule has 3 aliphatic rings. The monoisotopic (exact) mass is 701 g/mol. The Morgan fingerprint density at radius 2 is 1.37 bits per heavy atom. The van der Waals surface area contributed by atoms with Crippen LogP contribution in [-0.2, 0) is 38.1 Å². The van der Waals surface area contributed by atoms with Gasteiger partial charge in [-0.3, -0.25) is 9.59 Å². The number of carbonyl (C=O) groups is 4. The van der Waals surface area contributed by atoms with E-state index < -0.39 is 35.3 Å². The molecule has 3 rings (SSSR count). The fourth-order valence-corrected chi connectivity index (χ4v) is 6.62. The number of alkyl carbamates (subject to hydrolysis) is 1. The van der Waals surface area contributed by atoms with E-state index in [4.69, 9.17) is 24.1 Å². The molecule has 0 aromatic carbocycles. The fraction of sp³-hybridized carbons (Fsp3) is 0.886.